The van der Waals surface area contributed by atoms with Crippen LogP contribution in [0.2, 0.25) is 0 Å². The van der Waals surface area contributed by atoms with E-state index in [0.29, 0.717) is 0 Å². The van der Waals surface area contributed by atoms with Crippen molar-refractivity contribution >= 4 is 17.7 Å². The fraction of sp³-hybridized carbons (Fsp3) is 0.833. The molecule has 2 unspecified atom stereocenters. The molecule has 56 valence electrons. The molecule has 2 rings (SSSR count). The van der Waals surface area contributed by atoms with E-state index in [2.05, 4.69) is 0 Å². The maximum absolute atomic E-state index is 10.4. The second-order valence-electron chi connectivity index (χ2n) is 2.81. The Kier molecular flexibility index (Phi) is 1.22. The molecular formula is C6H8O3S. The largest absolute Gasteiger partial charge is 0.481 e. The maximum Gasteiger partial charge on any atom is 0.308 e. The molecule has 0 radical (unpaired) electrons. The van der Waals surface area contributed by atoms with Crippen LogP contribution in [0.1, 0.15) is 0 Å². The monoisotopic (exact) mass is 160 g/mol. The zero-order valence-corrected chi connectivity index (χ0v) is 6.04. The summed E-state index contributed by atoms with van der Waals surface area (Å²) in [6, 6.07) is 0. The van der Waals surface area contributed by atoms with Gasteiger partial charge in [-0.2, -0.15) is 11.8 Å². The molecule has 2 fully saturated rings. The number of rotatable bonds is 1. The van der Waals surface area contributed by atoms with Crippen molar-refractivity contribution in [2.24, 2.45) is 11.8 Å². The van der Waals surface area contributed by atoms with E-state index in [1.807, 2.05) is 0 Å². The predicted molar refractivity (Wildman–Crippen MR) is 36.9 cm³/mol. The first-order chi connectivity index (χ1) is 4.72. The van der Waals surface area contributed by atoms with Gasteiger partial charge >= 0.3 is 5.97 Å². The number of thioether (sulfide) groups is 1. The molecule has 2 aliphatic rings. The van der Waals surface area contributed by atoms with Crippen LogP contribution in [-0.4, -0.2) is 33.3 Å². The van der Waals surface area contributed by atoms with Gasteiger partial charge in [0, 0.05) is 16.9 Å². The summed E-state index contributed by atoms with van der Waals surface area (Å²) in [6.07, 6.45) is -0.365. The topological polar surface area (TPSA) is 57.5 Å². The highest BCUT2D eigenvalue weighted by atomic mass is 32.2. The minimum absolute atomic E-state index is 0.0579. The first-order valence-corrected chi connectivity index (χ1v) is 4.29. The highest BCUT2D eigenvalue weighted by molar-refractivity contribution is 8.00. The highest BCUT2D eigenvalue weighted by Gasteiger charge is 2.62. The van der Waals surface area contributed by atoms with E-state index < -0.39 is 5.97 Å². The van der Waals surface area contributed by atoms with Gasteiger partial charge in [0.05, 0.1) is 12.0 Å². The van der Waals surface area contributed by atoms with Crippen molar-refractivity contribution in [1.29, 1.82) is 0 Å². The number of carboxylic acid groups (broad SMARTS) is 1. The lowest BCUT2D eigenvalue weighted by atomic mass is 10.2. The molecule has 1 heterocycles. The fourth-order valence-electron chi connectivity index (χ4n) is 1.60. The van der Waals surface area contributed by atoms with Gasteiger partial charge in [-0.25, -0.2) is 0 Å². The van der Waals surface area contributed by atoms with Crippen molar-refractivity contribution < 1.29 is 15.0 Å². The lowest BCUT2D eigenvalue weighted by Gasteiger charge is -2.02. The first-order valence-electron chi connectivity index (χ1n) is 3.24. The number of hydrogen-bond acceptors (Lipinski definition) is 3. The van der Waals surface area contributed by atoms with Crippen molar-refractivity contribution in [1.82, 2.24) is 0 Å². The van der Waals surface area contributed by atoms with Gasteiger partial charge < -0.3 is 10.2 Å². The van der Waals surface area contributed by atoms with Crippen molar-refractivity contribution in [2.75, 3.05) is 5.75 Å². The fourth-order valence-corrected chi connectivity index (χ4v) is 3.23. The van der Waals surface area contributed by atoms with Crippen LogP contribution in [0.5, 0.6) is 0 Å². The first kappa shape index (κ1) is 6.49. The Balaban J connectivity index is 2.05. The lowest BCUT2D eigenvalue weighted by Crippen LogP contribution is -2.14. The molecule has 1 saturated carbocycles. The second-order valence-corrected chi connectivity index (χ2v) is 4.02. The van der Waals surface area contributed by atoms with Gasteiger partial charge in [-0.15, -0.1) is 0 Å². The average Bonchev–Trinajstić information content (AvgIpc) is 2.48. The van der Waals surface area contributed by atoms with Crippen LogP contribution in [0, 0.1) is 11.8 Å². The van der Waals surface area contributed by atoms with Gasteiger partial charge in [-0.3, -0.25) is 4.79 Å². The number of aliphatic hydroxyl groups excluding tert-OH is 1. The Morgan fingerprint density at radius 2 is 2.30 bits per heavy atom. The number of carboxylic acids is 1. The molecule has 4 atom stereocenters. The third-order valence-electron chi connectivity index (χ3n) is 2.20. The van der Waals surface area contributed by atoms with Crippen LogP contribution in [-0.2, 0) is 4.79 Å². The Bertz CT molecular complexity index is 182. The third-order valence-corrected chi connectivity index (χ3v) is 3.72. The van der Waals surface area contributed by atoms with E-state index in [-0.39, 0.29) is 23.2 Å². The van der Waals surface area contributed by atoms with Crippen LogP contribution in [0.4, 0.5) is 0 Å². The standard InChI is InChI=1S/C6H8O3S/c7-2-1-10-5-3(2)4(5)6(8)9/h2-5,7H,1H2,(H,8,9)/t2-,3?,4-,5?/m1/s1. The molecule has 0 aromatic carbocycles. The molecule has 1 saturated heterocycles. The predicted octanol–water partition coefficient (Wildman–Crippen LogP) is -0.207. The van der Waals surface area contributed by atoms with Crippen molar-refractivity contribution in [3.8, 4) is 0 Å². The quantitative estimate of drug-likeness (QED) is 0.557. The normalized spacial score (nSPS) is 50.5. The summed E-state index contributed by atoms with van der Waals surface area (Å²) in [5.74, 6) is -0.225. The van der Waals surface area contributed by atoms with Gasteiger partial charge in [-0.05, 0) is 0 Å². The van der Waals surface area contributed by atoms with Crippen LogP contribution in [0.25, 0.3) is 0 Å². The highest BCUT2D eigenvalue weighted by Crippen LogP contribution is 2.56. The minimum atomic E-state index is -0.749. The van der Waals surface area contributed by atoms with Crippen LogP contribution in [0.3, 0.4) is 0 Å². The molecule has 0 spiro atoms. The molecule has 0 bridgehead atoms. The van der Waals surface area contributed by atoms with Crippen LogP contribution in [0.15, 0.2) is 0 Å². The molecule has 10 heavy (non-hydrogen) atoms. The number of aliphatic carboxylic acids is 1. The summed E-state index contributed by atoms with van der Waals surface area (Å²) in [6.45, 7) is 0. The molecular weight excluding hydrogens is 152 g/mol. The summed E-state index contributed by atoms with van der Waals surface area (Å²) in [5, 5.41) is 17.9. The molecule has 4 heteroatoms. The zero-order chi connectivity index (χ0) is 7.30. The van der Waals surface area contributed by atoms with Gasteiger partial charge in [0.2, 0.25) is 0 Å². The molecule has 1 aliphatic carbocycles. The molecule has 2 N–H and O–H groups in total. The van der Waals surface area contributed by atoms with E-state index >= 15 is 0 Å². The maximum atomic E-state index is 10.4. The molecule has 0 aromatic rings. The second kappa shape index (κ2) is 1.89. The molecule has 3 nitrogen and oxygen atoms in total. The van der Waals surface area contributed by atoms with E-state index in [0.717, 1.165) is 5.75 Å². The third kappa shape index (κ3) is 0.689. The van der Waals surface area contributed by atoms with Gasteiger partial charge in [-0.1, -0.05) is 0 Å². The summed E-state index contributed by atoms with van der Waals surface area (Å²) >= 11 is 1.58. The molecule has 1 aliphatic heterocycles. The number of aliphatic hydroxyl groups is 1. The smallest absolute Gasteiger partial charge is 0.308 e. The minimum Gasteiger partial charge on any atom is -0.481 e. The average molecular weight is 160 g/mol. The van der Waals surface area contributed by atoms with Gasteiger partial charge in [0.15, 0.2) is 0 Å². The van der Waals surface area contributed by atoms with E-state index in [9.17, 15) is 9.90 Å². The molecule has 0 aromatic heterocycles. The Morgan fingerprint density at radius 3 is 2.60 bits per heavy atom. The number of fused-ring (bicyclic) bond motifs is 1. The Hall–Kier alpha value is -0.220. The summed E-state index contributed by atoms with van der Waals surface area (Å²) in [7, 11) is 0. The van der Waals surface area contributed by atoms with E-state index in [1.165, 1.54) is 0 Å². The molecule has 0 amide bonds. The van der Waals surface area contributed by atoms with E-state index in [1.54, 1.807) is 11.8 Å². The number of hydrogen-bond donors (Lipinski definition) is 2. The number of carbonyl (C=O) groups is 1. The van der Waals surface area contributed by atoms with Crippen molar-refractivity contribution in [3.63, 3.8) is 0 Å². The Labute approximate surface area is 62.4 Å². The van der Waals surface area contributed by atoms with Crippen molar-refractivity contribution in [2.45, 2.75) is 11.4 Å². The Morgan fingerprint density at radius 1 is 1.60 bits per heavy atom. The van der Waals surface area contributed by atoms with E-state index in [4.69, 9.17) is 5.11 Å². The van der Waals surface area contributed by atoms with Gasteiger partial charge in [0.1, 0.15) is 0 Å². The van der Waals surface area contributed by atoms with Crippen LogP contribution >= 0.6 is 11.8 Å². The van der Waals surface area contributed by atoms with Crippen LogP contribution < -0.4 is 0 Å². The zero-order valence-electron chi connectivity index (χ0n) is 5.23. The summed E-state index contributed by atoms with van der Waals surface area (Å²) < 4.78 is 0. The SMILES string of the molecule is O=C(O)[C@H]1C2SC[C@@H](O)C21. The van der Waals surface area contributed by atoms with Crippen molar-refractivity contribution in [3.05, 3.63) is 0 Å². The van der Waals surface area contributed by atoms with Gasteiger partial charge in [0.25, 0.3) is 0 Å². The summed E-state index contributed by atoms with van der Waals surface area (Å²) in [4.78, 5) is 10.4. The lowest BCUT2D eigenvalue weighted by molar-refractivity contribution is -0.139. The summed E-state index contributed by atoms with van der Waals surface area (Å²) in [5.41, 5.74) is 0.